The zero-order chi connectivity index (χ0) is 22.0. The third-order valence-electron chi connectivity index (χ3n) is 4.67. The first-order valence-corrected chi connectivity index (χ1v) is 9.15. The van der Waals surface area contributed by atoms with Crippen molar-refractivity contribution >= 4 is 28.7 Å². The first kappa shape index (κ1) is 19.6. The van der Waals surface area contributed by atoms with Crippen LogP contribution in [0.15, 0.2) is 71.8 Å². The van der Waals surface area contributed by atoms with Gasteiger partial charge in [0.25, 0.3) is 11.6 Å². The number of carbonyl (C=O) groups excluding carboxylic acids is 1. The summed E-state index contributed by atoms with van der Waals surface area (Å²) in [5, 5.41) is 34.8. The van der Waals surface area contributed by atoms with Gasteiger partial charge in [0, 0.05) is 40.2 Å². The topological polar surface area (TPSA) is 141 Å². The minimum atomic E-state index is -0.563. The van der Waals surface area contributed by atoms with Gasteiger partial charge in [-0.1, -0.05) is 30.3 Å². The van der Waals surface area contributed by atoms with Gasteiger partial charge in [0.15, 0.2) is 0 Å². The van der Waals surface area contributed by atoms with E-state index in [2.05, 4.69) is 15.5 Å². The van der Waals surface area contributed by atoms with Crippen LogP contribution in [0.3, 0.4) is 0 Å². The van der Waals surface area contributed by atoms with Crippen LogP contribution in [0.4, 0.5) is 5.69 Å². The molecule has 0 bridgehead atoms. The number of nitro benzene ring substituents is 1. The summed E-state index contributed by atoms with van der Waals surface area (Å²) in [5.41, 5.74) is 4.58. The highest BCUT2D eigenvalue weighted by Crippen LogP contribution is 2.34. The maximum atomic E-state index is 12.9. The predicted octanol–water partition coefficient (Wildman–Crippen LogP) is 3.92. The number of aromatic nitrogens is 1. The van der Waals surface area contributed by atoms with Gasteiger partial charge >= 0.3 is 0 Å². The van der Waals surface area contributed by atoms with Crippen molar-refractivity contribution in [2.75, 3.05) is 0 Å². The molecule has 154 valence electrons. The van der Waals surface area contributed by atoms with Crippen molar-refractivity contribution in [2.45, 2.75) is 0 Å². The molecule has 4 N–H and O–H groups in total. The van der Waals surface area contributed by atoms with E-state index >= 15 is 0 Å². The normalized spacial score (nSPS) is 11.1. The van der Waals surface area contributed by atoms with Crippen molar-refractivity contribution < 1.29 is 19.9 Å². The lowest BCUT2D eigenvalue weighted by Gasteiger charge is -2.04. The second-order valence-corrected chi connectivity index (χ2v) is 6.67. The van der Waals surface area contributed by atoms with Crippen LogP contribution in [-0.2, 0) is 0 Å². The lowest BCUT2D eigenvalue weighted by Crippen LogP contribution is -2.18. The number of nitrogens with zero attached hydrogens (tertiary/aromatic N) is 2. The minimum absolute atomic E-state index is 0.0866. The van der Waals surface area contributed by atoms with Crippen LogP contribution in [0.1, 0.15) is 16.1 Å². The fourth-order valence-corrected chi connectivity index (χ4v) is 3.23. The highest BCUT2D eigenvalue weighted by atomic mass is 16.6. The van der Waals surface area contributed by atoms with Gasteiger partial charge in [-0.05, 0) is 23.8 Å². The Bertz CT molecular complexity index is 1330. The van der Waals surface area contributed by atoms with Crippen molar-refractivity contribution in [1.29, 1.82) is 0 Å². The van der Waals surface area contributed by atoms with Gasteiger partial charge in [0.1, 0.15) is 17.2 Å². The van der Waals surface area contributed by atoms with Crippen LogP contribution in [0.5, 0.6) is 11.5 Å². The Morgan fingerprint density at radius 2 is 1.84 bits per heavy atom. The Morgan fingerprint density at radius 1 is 1.06 bits per heavy atom. The van der Waals surface area contributed by atoms with Gasteiger partial charge in [-0.3, -0.25) is 14.9 Å². The molecule has 0 aliphatic carbocycles. The fourth-order valence-electron chi connectivity index (χ4n) is 3.23. The quantitative estimate of drug-likeness (QED) is 0.222. The van der Waals surface area contributed by atoms with E-state index in [1.807, 2.05) is 6.07 Å². The number of nitro groups is 1. The smallest absolute Gasteiger partial charge is 0.288 e. The van der Waals surface area contributed by atoms with Crippen LogP contribution in [-0.4, -0.2) is 32.2 Å². The zero-order valence-electron chi connectivity index (χ0n) is 15.9. The third-order valence-corrected chi connectivity index (χ3v) is 4.67. The second kappa shape index (κ2) is 7.99. The molecule has 0 saturated heterocycles. The summed E-state index contributed by atoms with van der Waals surface area (Å²) in [7, 11) is 0. The molecule has 4 aromatic rings. The Kier molecular flexibility index (Phi) is 5.07. The summed E-state index contributed by atoms with van der Waals surface area (Å²) >= 11 is 0. The zero-order valence-corrected chi connectivity index (χ0v) is 15.9. The number of H-pyrrole nitrogens is 1. The Hall–Kier alpha value is -4.66. The monoisotopic (exact) mass is 416 g/mol. The number of hydrazone groups is 1. The first-order valence-electron chi connectivity index (χ1n) is 9.15. The number of aromatic hydroxyl groups is 2. The number of aromatic amines is 1. The third kappa shape index (κ3) is 3.92. The van der Waals surface area contributed by atoms with Crippen molar-refractivity contribution in [3.63, 3.8) is 0 Å². The van der Waals surface area contributed by atoms with Gasteiger partial charge in [0.2, 0.25) is 0 Å². The van der Waals surface area contributed by atoms with E-state index in [1.54, 1.807) is 30.3 Å². The van der Waals surface area contributed by atoms with E-state index in [9.17, 15) is 25.1 Å². The summed E-state index contributed by atoms with van der Waals surface area (Å²) in [6.07, 6.45) is 1.24. The van der Waals surface area contributed by atoms with Crippen LogP contribution >= 0.6 is 0 Å². The number of benzene rings is 3. The van der Waals surface area contributed by atoms with Crippen molar-refractivity contribution in [3.05, 3.63) is 88.1 Å². The molecule has 0 aliphatic heterocycles. The molecule has 0 atom stereocenters. The number of phenolic OH excluding ortho intramolecular Hbond substituents is 2. The number of carbonyl (C=O) groups is 1. The number of hydrogen-bond acceptors (Lipinski definition) is 6. The maximum Gasteiger partial charge on any atom is 0.288 e. The second-order valence-electron chi connectivity index (χ2n) is 6.67. The number of hydrogen-bond donors (Lipinski definition) is 4. The fraction of sp³-hybridized carbons (Fsp3) is 0. The molecule has 9 heteroatoms. The summed E-state index contributed by atoms with van der Waals surface area (Å²) in [6.45, 7) is 0. The molecule has 3 aromatic carbocycles. The number of rotatable bonds is 5. The Morgan fingerprint density at radius 3 is 2.55 bits per heavy atom. The molecule has 1 amide bonds. The molecular formula is C22H16N4O5. The molecule has 31 heavy (non-hydrogen) atoms. The van der Waals surface area contributed by atoms with E-state index in [0.717, 1.165) is 6.07 Å². The molecular weight excluding hydrogens is 400 g/mol. The van der Waals surface area contributed by atoms with Crippen LogP contribution in [0, 0.1) is 10.1 Å². The van der Waals surface area contributed by atoms with Crippen LogP contribution in [0.25, 0.3) is 22.0 Å². The molecule has 9 nitrogen and oxygen atoms in total. The number of nitrogens with one attached hydrogen (secondary N) is 2. The minimum Gasteiger partial charge on any atom is -0.508 e. The summed E-state index contributed by atoms with van der Waals surface area (Å²) in [4.78, 5) is 26.6. The molecule has 0 radical (unpaired) electrons. The summed E-state index contributed by atoms with van der Waals surface area (Å²) in [6, 6.07) is 17.3. The van der Waals surface area contributed by atoms with Crippen molar-refractivity contribution in [2.24, 2.45) is 5.10 Å². The van der Waals surface area contributed by atoms with Crippen molar-refractivity contribution in [1.82, 2.24) is 10.4 Å². The number of fused-ring (bicyclic) bond motifs is 1. The Labute approximate surface area is 175 Å². The van der Waals surface area contributed by atoms with Crippen LogP contribution in [0.2, 0.25) is 0 Å². The molecule has 0 fully saturated rings. The molecule has 0 unspecified atom stereocenters. The van der Waals surface area contributed by atoms with Gasteiger partial charge in [0.05, 0.1) is 11.1 Å². The standard InChI is InChI=1S/C22H16N4O5/c27-16-8-6-14(19(28)11-16)12-23-25-22(29)21-20(13-4-2-1-3-5-13)17-10-15(26(30)31)7-9-18(17)24-21/h1-12,24,27-28H,(H,25,29). The van der Waals surface area contributed by atoms with Gasteiger partial charge in [-0.15, -0.1) is 0 Å². The number of phenols is 2. The Balaban J connectivity index is 1.73. The molecule has 1 aromatic heterocycles. The summed E-state index contributed by atoms with van der Waals surface area (Å²) in [5.74, 6) is -0.855. The van der Waals surface area contributed by atoms with E-state index in [1.165, 1.54) is 30.5 Å². The molecule has 0 spiro atoms. The molecule has 4 rings (SSSR count). The average molecular weight is 416 g/mol. The molecule has 1 heterocycles. The van der Waals surface area contributed by atoms with E-state index in [0.29, 0.717) is 27.6 Å². The highest BCUT2D eigenvalue weighted by molar-refractivity contribution is 6.10. The lowest BCUT2D eigenvalue weighted by atomic mass is 10.0. The SMILES string of the molecule is O=C(NN=Cc1ccc(O)cc1O)c1[nH]c2ccc([N+](=O)[O-])cc2c1-c1ccccc1. The summed E-state index contributed by atoms with van der Waals surface area (Å²) < 4.78 is 0. The van der Waals surface area contributed by atoms with Gasteiger partial charge in [-0.2, -0.15) is 5.10 Å². The van der Waals surface area contributed by atoms with E-state index in [-0.39, 0.29) is 22.9 Å². The van der Waals surface area contributed by atoms with E-state index < -0.39 is 10.8 Å². The van der Waals surface area contributed by atoms with Gasteiger partial charge in [-0.25, -0.2) is 5.43 Å². The van der Waals surface area contributed by atoms with Crippen LogP contribution < -0.4 is 5.43 Å². The van der Waals surface area contributed by atoms with Crippen molar-refractivity contribution in [3.8, 4) is 22.6 Å². The largest absolute Gasteiger partial charge is 0.508 e. The lowest BCUT2D eigenvalue weighted by molar-refractivity contribution is -0.384. The highest BCUT2D eigenvalue weighted by Gasteiger charge is 2.21. The molecule has 0 aliphatic rings. The average Bonchev–Trinajstić information content (AvgIpc) is 3.14. The number of amides is 1. The number of non-ortho nitro benzene ring substituents is 1. The van der Waals surface area contributed by atoms with E-state index in [4.69, 9.17) is 0 Å². The first-order chi connectivity index (χ1) is 14.9. The predicted molar refractivity (Wildman–Crippen MR) is 115 cm³/mol. The maximum absolute atomic E-state index is 12.9. The molecule has 0 saturated carbocycles. The van der Waals surface area contributed by atoms with Gasteiger partial charge < -0.3 is 15.2 Å².